The van der Waals surface area contributed by atoms with E-state index in [0.29, 0.717) is 13.1 Å². The summed E-state index contributed by atoms with van der Waals surface area (Å²) >= 11 is 0. The highest BCUT2D eigenvalue weighted by Gasteiger charge is 2.23. The fourth-order valence-corrected chi connectivity index (χ4v) is 3.57. The van der Waals surface area contributed by atoms with Gasteiger partial charge in [0.25, 0.3) is 0 Å². The second-order valence-corrected chi connectivity index (χ2v) is 8.11. The standard InChI is InChI=1S/C21H34N4O2/c1-16(26)25(13-12-23(2)3)15-18-14-19(10-11-20(18)24(4)5)22-21(27)17-8-6-7-9-17/h10-11,14,17H,6-9,12-13,15H2,1-5H3,(H,22,27)/p+1. The molecular weight excluding hydrogens is 340 g/mol. The third kappa shape index (κ3) is 6.24. The van der Waals surface area contributed by atoms with Crippen LogP contribution in [0.15, 0.2) is 18.2 Å². The third-order valence-electron chi connectivity index (χ3n) is 5.24. The summed E-state index contributed by atoms with van der Waals surface area (Å²) in [4.78, 5) is 29.8. The molecule has 0 radical (unpaired) electrons. The van der Waals surface area contributed by atoms with Crippen molar-refractivity contribution < 1.29 is 14.5 Å². The van der Waals surface area contributed by atoms with Crippen molar-refractivity contribution in [3.05, 3.63) is 23.8 Å². The lowest BCUT2D eigenvalue weighted by atomic mass is 10.1. The summed E-state index contributed by atoms with van der Waals surface area (Å²) in [7, 11) is 8.17. The Morgan fingerprint density at radius 1 is 1.19 bits per heavy atom. The molecule has 2 rings (SSSR count). The lowest BCUT2D eigenvalue weighted by molar-refractivity contribution is -0.857. The molecule has 150 valence electrons. The Hall–Kier alpha value is -2.08. The Kier molecular flexibility index (Phi) is 7.66. The SMILES string of the molecule is CC(=O)N(CC[NH+](C)C)Cc1cc(NC(=O)C2CCCC2)ccc1N(C)C. The minimum atomic E-state index is 0.0707. The lowest BCUT2D eigenvalue weighted by Gasteiger charge is -2.26. The Morgan fingerprint density at radius 3 is 2.41 bits per heavy atom. The van der Waals surface area contributed by atoms with Gasteiger partial charge in [-0.05, 0) is 36.6 Å². The van der Waals surface area contributed by atoms with Gasteiger partial charge in [-0.3, -0.25) is 9.59 Å². The van der Waals surface area contributed by atoms with Gasteiger partial charge in [-0.25, -0.2) is 0 Å². The van der Waals surface area contributed by atoms with E-state index < -0.39 is 0 Å². The number of nitrogens with zero attached hydrogens (tertiary/aromatic N) is 2. The Balaban J connectivity index is 2.18. The monoisotopic (exact) mass is 375 g/mol. The Labute approximate surface area is 163 Å². The van der Waals surface area contributed by atoms with Gasteiger partial charge in [0, 0.05) is 44.9 Å². The van der Waals surface area contributed by atoms with Crippen LogP contribution in [0.2, 0.25) is 0 Å². The first-order valence-electron chi connectivity index (χ1n) is 9.93. The highest BCUT2D eigenvalue weighted by Crippen LogP contribution is 2.28. The number of benzene rings is 1. The lowest BCUT2D eigenvalue weighted by Crippen LogP contribution is -3.06. The fraction of sp³-hybridized carbons (Fsp3) is 0.619. The van der Waals surface area contributed by atoms with Crippen molar-refractivity contribution in [3.63, 3.8) is 0 Å². The van der Waals surface area contributed by atoms with Crippen molar-refractivity contribution in [2.75, 3.05) is 51.5 Å². The van der Waals surface area contributed by atoms with Gasteiger partial charge in [0.05, 0.1) is 27.2 Å². The van der Waals surface area contributed by atoms with Crippen LogP contribution in [0.4, 0.5) is 11.4 Å². The van der Waals surface area contributed by atoms with Gasteiger partial charge in [0.15, 0.2) is 0 Å². The number of hydrogen-bond donors (Lipinski definition) is 2. The third-order valence-corrected chi connectivity index (χ3v) is 5.24. The molecule has 1 aliphatic rings. The number of carbonyl (C=O) groups excluding carboxylic acids is 2. The average molecular weight is 376 g/mol. The maximum Gasteiger partial charge on any atom is 0.227 e. The topological polar surface area (TPSA) is 57.1 Å². The molecule has 2 amide bonds. The molecule has 1 saturated carbocycles. The van der Waals surface area contributed by atoms with Crippen LogP contribution in [0.3, 0.4) is 0 Å². The zero-order chi connectivity index (χ0) is 20.0. The van der Waals surface area contributed by atoms with E-state index in [4.69, 9.17) is 0 Å². The van der Waals surface area contributed by atoms with Crippen molar-refractivity contribution in [3.8, 4) is 0 Å². The van der Waals surface area contributed by atoms with Crippen LogP contribution in [0.5, 0.6) is 0 Å². The van der Waals surface area contributed by atoms with E-state index in [1.165, 1.54) is 4.90 Å². The van der Waals surface area contributed by atoms with E-state index in [1.54, 1.807) is 6.92 Å². The summed E-state index contributed by atoms with van der Waals surface area (Å²) in [5.41, 5.74) is 2.93. The number of carbonyl (C=O) groups is 2. The van der Waals surface area contributed by atoms with Crippen LogP contribution in [0, 0.1) is 5.92 Å². The molecule has 0 heterocycles. The first-order chi connectivity index (χ1) is 12.8. The molecule has 0 aromatic heterocycles. The van der Waals surface area contributed by atoms with Gasteiger partial charge in [0.2, 0.25) is 11.8 Å². The number of anilines is 2. The molecule has 1 aromatic carbocycles. The predicted octanol–water partition coefficient (Wildman–Crippen LogP) is 1.37. The van der Waals surface area contributed by atoms with Gasteiger partial charge < -0.3 is 20.0 Å². The summed E-state index contributed by atoms with van der Waals surface area (Å²) in [6.45, 7) is 3.77. The van der Waals surface area contributed by atoms with E-state index in [2.05, 4.69) is 19.4 Å². The molecule has 0 atom stereocenters. The number of nitrogens with one attached hydrogen (secondary N) is 2. The molecule has 2 N–H and O–H groups in total. The maximum atomic E-state index is 12.5. The molecule has 0 aliphatic heterocycles. The first kappa shape index (κ1) is 21.2. The zero-order valence-electron chi connectivity index (χ0n) is 17.5. The van der Waals surface area contributed by atoms with Crippen LogP contribution in [0.1, 0.15) is 38.2 Å². The molecular formula is C21H35N4O2+. The molecule has 6 nitrogen and oxygen atoms in total. The van der Waals surface area contributed by atoms with Crippen LogP contribution in [-0.4, -0.2) is 58.0 Å². The summed E-state index contributed by atoms with van der Waals surface area (Å²) in [5, 5.41) is 3.08. The van der Waals surface area contributed by atoms with E-state index in [0.717, 1.165) is 49.2 Å². The summed E-state index contributed by atoms with van der Waals surface area (Å²) in [6.07, 6.45) is 4.26. The summed E-state index contributed by atoms with van der Waals surface area (Å²) < 4.78 is 0. The van der Waals surface area contributed by atoms with Crippen molar-refractivity contribution in [2.45, 2.75) is 39.2 Å². The normalized spacial score (nSPS) is 14.4. The molecule has 27 heavy (non-hydrogen) atoms. The highest BCUT2D eigenvalue weighted by molar-refractivity contribution is 5.93. The van der Waals surface area contributed by atoms with Crippen molar-refractivity contribution >= 4 is 23.2 Å². The molecule has 0 bridgehead atoms. The van der Waals surface area contributed by atoms with Gasteiger partial charge in [-0.1, -0.05) is 12.8 Å². The van der Waals surface area contributed by atoms with E-state index in [-0.39, 0.29) is 17.7 Å². The van der Waals surface area contributed by atoms with Crippen LogP contribution in [-0.2, 0) is 16.1 Å². The summed E-state index contributed by atoms with van der Waals surface area (Å²) in [6, 6.07) is 5.99. The number of rotatable bonds is 8. The Morgan fingerprint density at radius 2 is 1.85 bits per heavy atom. The molecule has 1 fully saturated rings. The second kappa shape index (κ2) is 9.74. The minimum absolute atomic E-state index is 0.0707. The van der Waals surface area contributed by atoms with Crippen molar-refractivity contribution in [1.82, 2.24) is 4.90 Å². The van der Waals surface area contributed by atoms with E-state index in [1.807, 2.05) is 42.1 Å². The number of amides is 2. The molecule has 0 spiro atoms. The number of quaternary nitrogens is 1. The highest BCUT2D eigenvalue weighted by atomic mass is 16.2. The van der Waals surface area contributed by atoms with Crippen LogP contribution >= 0.6 is 0 Å². The fourth-order valence-electron chi connectivity index (χ4n) is 3.57. The minimum Gasteiger partial charge on any atom is -0.377 e. The van der Waals surface area contributed by atoms with Crippen LogP contribution < -0.4 is 15.1 Å². The molecule has 0 saturated heterocycles. The largest absolute Gasteiger partial charge is 0.377 e. The predicted molar refractivity (Wildman–Crippen MR) is 110 cm³/mol. The molecule has 1 aromatic rings. The Bertz CT molecular complexity index is 652. The number of hydrogen-bond acceptors (Lipinski definition) is 3. The number of likely N-dealkylation sites (N-methyl/N-ethyl adjacent to an activating group) is 1. The molecule has 6 heteroatoms. The molecule has 1 aliphatic carbocycles. The average Bonchev–Trinajstić information content (AvgIpc) is 3.12. The second-order valence-electron chi connectivity index (χ2n) is 8.11. The summed E-state index contributed by atoms with van der Waals surface area (Å²) in [5.74, 6) is 0.329. The molecule has 0 unspecified atom stereocenters. The smallest absolute Gasteiger partial charge is 0.227 e. The van der Waals surface area contributed by atoms with Gasteiger partial charge in [-0.2, -0.15) is 0 Å². The van der Waals surface area contributed by atoms with Crippen molar-refractivity contribution in [1.29, 1.82) is 0 Å². The van der Waals surface area contributed by atoms with Gasteiger partial charge in [-0.15, -0.1) is 0 Å². The van der Waals surface area contributed by atoms with E-state index >= 15 is 0 Å². The quantitative estimate of drug-likeness (QED) is 0.722. The van der Waals surface area contributed by atoms with Gasteiger partial charge >= 0.3 is 0 Å². The maximum absolute atomic E-state index is 12.5. The van der Waals surface area contributed by atoms with Gasteiger partial charge in [0.1, 0.15) is 0 Å². The van der Waals surface area contributed by atoms with E-state index in [9.17, 15) is 9.59 Å². The van der Waals surface area contributed by atoms with Crippen molar-refractivity contribution in [2.24, 2.45) is 5.92 Å². The zero-order valence-corrected chi connectivity index (χ0v) is 17.5. The van der Waals surface area contributed by atoms with Crippen LogP contribution in [0.25, 0.3) is 0 Å². The first-order valence-corrected chi connectivity index (χ1v) is 9.93.